The van der Waals surface area contributed by atoms with Crippen LogP contribution in [-0.2, 0) is 17.5 Å². The number of rotatable bonds is 4. The van der Waals surface area contributed by atoms with Crippen LogP contribution < -0.4 is 10.9 Å². The molecule has 0 saturated carbocycles. The van der Waals surface area contributed by atoms with E-state index in [4.69, 9.17) is 0 Å². The van der Waals surface area contributed by atoms with Crippen molar-refractivity contribution in [3.63, 3.8) is 0 Å². The molecule has 8 heteroatoms. The number of aryl methyl sites for hydroxylation is 2. The molecule has 1 amide bonds. The lowest BCUT2D eigenvalue weighted by Crippen LogP contribution is -2.29. The first-order valence-corrected chi connectivity index (χ1v) is 8.77. The van der Waals surface area contributed by atoms with Crippen molar-refractivity contribution in [1.82, 2.24) is 9.78 Å². The molecular weight excluding hydrogens is 383 g/mol. The van der Waals surface area contributed by atoms with E-state index < -0.39 is 29.8 Å². The van der Waals surface area contributed by atoms with Crippen LogP contribution in [0.25, 0.3) is 11.3 Å². The summed E-state index contributed by atoms with van der Waals surface area (Å²) in [5.41, 5.74) is 1.53. The number of amides is 1. The second-order valence-electron chi connectivity index (χ2n) is 6.61. The Labute approximate surface area is 164 Å². The molecule has 0 aliphatic rings. The average molecular weight is 401 g/mol. The minimum atomic E-state index is -4.61. The molecule has 3 rings (SSSR count). The number of carbonyl (C=O) groups is 1. The van der Waals surface area contributed by atoms with Crippen molar-refractivity contribution in [1.29, 1.82) is 0 Å². The number of nitrogens with one attached hydrogen (secondary N) is 1. The van der Waals surface area contributed by atoms with Crippen molar-refractivity contribution in [2.24, 2.45) is 0 Å². The molecule has 2 aromatic carbocycles. The van der Waals surface area contributed by atoms with Gasteiger partial charge in [-0.15, -0.1) is 0 Å². The standard InChI is InChI=1S/C21H18F3N3O2/c1-13-7-8-15(11-14(13)2)17-9-10-20(29)27(26-17)12-19(28)25-18-6-4-3-5-16(18)21(22,23)24/h3-11H,12H2,1-2H3,(H,25,28). The van der Waals surface area contributed by atoms with E-state index in [2.05, 4.69) is 10.4 Å². The fourth-order valence-corrected chi connectivity index (χ4v) is 2.78. The Morgan fingerprint density at radius 3 is 2.45 bits per heavy atom. The molecule has 0 aliphatic carbocycles. The largest absolute Gasteiger partial charge is 0.418 e. The number of hydrogen-bond donors (Lipinski definition) is 1. The minimum Gasteiger partial charge on any atom is -0.324 e. The molecule has 0 atom stereocenters. The lowest BCUT2D eigenvalue weighted by atomic mass is 10.0. The van der Waals surface area contributed by atoms with E-state index in [1.807, 2.05) is 32.0 Å². The van der Waals surface area contributed by atoms with Gasteiger partial charge in [-0.05, 0) is 49.2 Å². The van der Waals surface area contributed by atoms with E-state index in [-0.39, 0.29) is 5.69 Å². The van der Waals surface area contributed by atoms with Gasteiger partial charge in [0, 0.05) is 11.6 Å². The summed E-state index contributed by atoms with van der Waals surface area (Å²) in [6.07, 6.45) is -4.61. The Morgan fingerprint density at radius 1 is 1.03 bits per heavy atom. The molecule has 0 unspecified atom stereocenters. The predicted molar refractivity (Wildman–Crippen MR) is 103 cm³/mol. The molecule has 29 heavy (non-hydrogen) atoms. The number of hydrogen-bond acceptors (Lipinski definition) is 3. The summed E-state index contributed by atoms with van der Waals surface area (Å²) in [7, 11) is 0. The van der Waals surface area contributed by atoms with Crippen LogP contribution in [0.1, 0.15) is 16.7 Å². The molecule has 150 valence electrons. The fraction of sp³-hybridized carbons (Fsp3) is 0.190. The van der Waals surface area contributed by atoms with Crippen LogP contribution in [0, 0.1) is 13.8 Å². The van der Waals surface area contributed by atoms with Crippen LogP contribution in [0.4, 0.5) is 18.9 Å². The first-order chi connectivity index (χ1) is 13.6. The third kappa shape index (κ3) is 4.71. The Hall–Kier alpha value is -3.42. The Kier molecular flexibility index (Phi) is 5.54. The van der Waals surface area contributed by atoms with Gasteiger partial charge in [0.1, 0.15) is 6.54 Å². The number of benzene rings is 2. The van der Waals surface area contributed by atoms with Gasteiger partial charge in [0.15, 0.2) is 0 Å². The lowest BCUT2D eigenvalue weighted by molar-refractivity contribution is -0.137. The molecule has 0 aliphatic heterocycles. The highest BCUT2D eigenvalue weighted by Gasteiger charge is 2.33. The Bertz CT molecular complexity index is 1120. The number of nitrogens with zero attached hydrogens (tertiary/aromatic N) is 2. The maximum Gasteiger partial charge on any atom is 0.418 e. The van der Waals surface area contributed by atoms with E-state index in [0.29, 0.717) is 5.69 Å². The number of carbonyl (C=O) groups excluding carboxylic acids is 1. The summed E-state index contributed by atoms with van der Waals surface area (Å²) in [5.74, 6) is -0.784. The van der Waals surface area contributed by atoms with Crippen molar-refractivity contribution in [2.75, 3.05) is 5.32 Å². The van der Waals surface area contributed by atoms with E-state index in [1.54, 1.807) is 6.07 Å². The SMILES string of the molecule is Cc1ccc(-c2ccc(=O)n(CC(=O)Nc3ccccc3C(F)(F)F)n2)cc1C. The van der Waals surface area contributed by atoms with Gasteiger partial charge in [0.2, 0.25) is 5.91 Å². The topological polar surface area (TPSA) is 64.0 Å². The highest BCUT2D eigenvalue weighted by Crippen LogP contribution is 2.34. The molecule has 1 N–H and O–H groups in total. The molecule has 0 fully saturated rings. The lowest BCUT2D eigenvalue weighted by Gasteiger charge is -2.14. The third-order valence-corrected chi connectivity index (χ3v) is 4.47. The summed E-state index contributed by atoms with van der Waals surface area (Å²) in [6.45, 7) is 3.40. The number of aromatic nitrogens is 2. The summed E-state index contributed by atoms with van der Waals surface area (Å²) < 4.78 is 40.1. The van der Waals surface area contributed by atoms with Gasteiger partial charge in [0.05, 0.1) is 16.9 Å². The maximum atomic E-state index is 13.1. The van der Waals surface area contributed by atoms with Gasteiger partial charge >= 0.3 is 6.18 Å². The first kappa shape index (κ1) is 20.3. The molecule has 3 aromatic rings. The predicted octanol–water partition coefficient (Wildman–Crippen LogP) is 4.18. The molecule has 0 saturated heterocycles. The van der Waals surface area contributed by atoms with E-state index in [9.17, 15) is 22.8 Å². The first-order valence-electron chi connectivity index (χ1n) is 8.77. The van der Waals surface area contributed by atoms with Crippen LogP contribution in [0.5, 0.6) is 0 Å². The number of alkyl halides is 3. The van der Waals surface area contributed by atoms with E-state index >= 15 is 0 Å². The zero-order valence-electron chi connectivity index (χ0n) is 15.7. The van der Waals surface area contributed by atoms with Gasteiger partial charge in [-0.25, -0.2) is 4.68 Å². The third-order valence-electron chi connectivity index (χ3n) is 4.47. The fourth-order valence-electron chi connectivity index (χ4n) is 2.78. The van der Waals surface area contributed by atoms with Crippen molar-refractivity contribution < 1.29 is 18.0 Å². The summed E-state index contributed by atoms with van der Waals surface area (Å²) >= 11 is 0. The van der Waals surface area contributed by atoms with Crippen LogP contribution in [0.15, 0.2) is 59.4 Å². The Morgan fingerprint density at radius 2 is 1.76 bits per heavy atom. The summed E-state index contributed by atoms with van der Waals surface area (Å²) in [4.78, 5) is 24.4. The molecule has 0 radical (unpaired) electrons. The van der Waals surface area contributed by atoms with Crippen LogP contribution in [0.3, 0.4) is 0 Å². The number of halogens is 3. The van der Waals surface area contributed by atoms with Crippen LogP contribution >= 0.6 is 0 Å². The maximum absolute atomic E-state index is 13.1. The summed E-state index contributed by atoms with van der Waals surface area (Å²) in [6, 6.07) is 13.1. The molecule has 0 bridgehead atoms. The monoisotopic (exact) mass is 401 g/mol. The molecule has 5 nitrogen and oxygen atoms in total. The average Bonchev–Trinajstić information content (AvgIpc) is 2.65. The summed E-state index contributed by atoms with van der Waals surface area (Å²) in [5, 5.41) is 6.40. The molecule has 1 aromatic heterocycles. The van der Waals surface area contributed by atoms with Crippen molar-refractivity contribution in [3.05, 3.63) is 81.6 Å². The molecule has 1 heterocycles. The normalized spacial score (nSPS) is 11.3. The zero-order valence-corrected chi connectivity index (χ0v) is 15.7. The van der Waals surface area contributed by atoms with E-state index in [0.717, 1.165) is 33.5 Å². The van der Waals surface area contributed by atoms with Crippen molar-refractivity contribution in [2.45, 2.75) is 26.6 Å². The highest BCUT2D eigenvalue weighted by atomic mass is 19.4. The smallest absolute Gasteiger partial charge is 0.324 e. The van der Waals surface area contributed by atoms with Gasteiger partial charge < -0.3 is 5.32 Å². The van der Waals surface area contributed by atoms with E-state index in [1.165, 1.54) is 18.2 Å². The number of anilines is 1. The van der Waals surface area contributed by atoms with Gasteiger partial charge in [-0.1, -0.05) is 24.3 Å². The van der Waals surface area contributed by atoms with Gasteiger partial charge in [-0.3, -0.25) is 9.59 Å². The quantitative estimate of drug-likeness (QED) is 0.713. The zero-order chi connectivity index (χ0) is 21.2. The van der Waals surface area contributed by atoms with Crippen molar-refractivity contribution >= 4 is 11.6 Å². The second-order valence-corrected chi connectivity index (χ2v) is 6.61. The van der Waals surface area contributed by atoms with Crippen LogP contribution in [-0.4, -0.2) is 15.7 Å². The second kappa shape index (κ2) is 7.90. The van der Waals surface area contributed by atoms with Crippen molar-refractivity contribution in [3.8, 4) is 11.3 Å². The van der Waals surface area contributed by atoms with Gasteiger partial charge in [-0.2, -0.15) is 18.3 Å². The number of para-hydroxylation sites is 1. The molecular formula is C21H18F3N3O2. The Balaban J connectivity index is 1.85. The molecule has 0 spiro atoms. The minimum absolute atomic E-state index is 0.372. The van der Waals surface area contributed by atoms with Gasteiger partial charge in [0.25, 0.3) is 5.56 Å². The van der Waals surface area contributed by atoms with Crippen LogP contribution in [0.2, 0.25) is 0 Å². The highest BCUT2D eigenvalue weighted by molar-refractivity contribution is 5.91.